The van der Waals surface area contributed by atoms with Crippen molar-refractivity contribution in [3.8, 4) is 0 Å². The highest BCUT2D eigenvalue weighted by Gasteiger charge is 2.11. The number of aromatic nitrogens is 2. The summed E-state index contributed by atoms with van der Waals surface area (Å²) in [7, 11) is 3.95. The van der Waals surface area contributed by atoms with Crippen molar-refractivity contribution in [3.63, 3.8) is 0 Å². The summed E-state index contributed by atoms with van der Waals surface area (Å²) in [5, 5.41) is 9.70. The molecule has 2 rings (SSSR count). The van der Waals surface area contributed by atoms with E-state index in [1.165, 1.54) is 0 Å². The first kappa shape index (κ1) is 10.9. The van der Waals surface area contributed by atoms with Crippen molar-refractivity contribution < 1.29 is 5.11 Å². The minimum absolute atomic E-state index is 0.198. The second-order valence-corrected chi connectivity index (χ2v) is 3.94. The lowest BCUT2D eigenvalue weighted by Gasteiger charge is -2.13. The average molecular weight is 220 g/mol. The third kappa shape index (κ3) is 1.75. The van der Waals surface area contributed by atoms with E-state index in [0.29, 0.717) is 0 Å². The molecule has 0 aliphatic heterocycles. The Kier molecular flexibility index (Phi) is 2.80. The second kappa shape index (κ2) is 4.11. The van der Waals surface area contributed by atoms with Gasteiger partial charge in [-0.15, -0.1) is 0 Å². The first-order chi connectivity index (χ1) is 7.63. The summed E-state index contributed by atoms with van der Waals surface area (Å²) >= 11 is 0. The molecular formula is C11H16N4O. The minimum Gasteiger partial charge on any atom is -0.385 e. The Hall–Kier alpha value is -1.59. The molecule has 0 aliphatic carbocycles. The molecule has 2 aromatic heterocycles. The van der Waals surface area contributed by atoms with Crippen LogP contribution in [0.2, 0.25) is 0 Å². The van der Waals surface area contributed by atoms with Gasteiger partial charge in [0.15, 0.2) is 0 Å². The molecule has 1 unspecified atom stereocenters. The van der Waals surface area contributed by atoms with Crippen LogP contribution in [0.15, 0.2) is 24.5 Å². The van der Waals surface area contributed by atoms with Crippen molar-refractivity contribution in [1.82, 2.24) is 9.38 Å². The highest BCUT2D eigenvalue weighted by atomic mass is 16.3. The second-order valence-electron chi connectivity index (χ2n) is 3.94. The molecular weight excluding hydrogens is 204 g/mol. The predicted octanol–water partition coefficient (Wildman–Crippen LogP) is 0.392. The van der Waals surface area contributed by atoms with Gasteiger partial charge in [0.1, 0.15) is 11.8 Å². The van der Waals surface area contributed by atoms with Gasteiger partial charge in [-0.2, -0.15) is 0 Å². The molecule has 16 heavy (non-hydrogen) atoms. The van der Waals surface area contributed by atoms with Gasteiger partial charge in [0.05, 0.1) is 11.9 Å². The molecule has 0 spiro atoms. The van der Waals surface area contributed by atoms with Crippen LogP contribution in [-0.4, -0.2) is 35.1 Å². The third-order valence-corrected chi connectivity index (χ3v) is 2.61. The van der Waals surface area contributed by atoms with E-state index in [0.717, 1.165) is 17.0 Å². The summed E-state index contributed by atoms with van der Waals surface area (Å²) in [6.07, 6.45) is 2.89. The van der Waals surface area contributed by atoms with Gasteiger partial charge >= 0.3 is 0 Å². The molecule has 0 bridgehead atoms. The fourth-order valence-electron chi connectivity index (χ4n) is 1.63. The van der Waals surface area contributed by atoms with E-state index in [9.17, 15) is 5.11 Å². The van der Waals surface area contributed by atoms with E-state index in [4.69, 9.17) is 5.73 Å². The molecule has 3 N–H and O–H groups in total. The van der Waals surface area contributed by atoms with Gasteiger partial charge in [0.25, 0.3) is 0 Å². The fraction of sp³-hybridized carbons (Fsp3) is 0.364. The molecule has 0 saturated heterocycles. The first-order valence-electron chi connectivity index (χ1n) is 5.16. The molecule has 5 heteroatoms. The number of hydrogen-bond acceptors (Lipinski definition) is 4. The number of aliphatic hydroxyl groups is 1. The van der Waals surface area contributed by atoms with Crippen LogP contribution in [0.25, 0.3) is 5.65 Å². The quantitative estimate of drug-likeness (QED) is 0.785. The zero-order valence-corrected chi connectivity index (χ0v) is 9.46. The van der Waals surface area contributed by atoms with E-state index in [-0.39, 0.29) is 6.54 Å². The molecule has 0 aromatic carbocycles. The van der Waals surface area contributed by atoms with E-state index in [1.54, 1.807) is 6.20 Å². The maximum Gasteiger partial charge on any atom is 0.139 e. The number of imidazole rings is 1. The van der Waals surface area contributed by atoms with Crippen molar-refractivity contribution in [2.24, 2.45) is 5.73 Å². The topological polar surface area (TPSA) is 66.8 Å². The van der Waals surface area contributed by atoms with Crippen molar-refractivity contribution in [3.05, 3.63) is 30.2 Å². The maximum absolute atomic E-state index is 9.70. The minimum atomic E-state index is -0.666. The highest BCUT2D eigenvalue weighted by Crippen LogP contribution is 2.18. The summed E-state index contributed by atoms with van der Waals surface area (Å²) in [6.45, 7) is 0.198. The zero-order valence-electron chi connectivity index (χ0n) is 9.46. The van der Waals surface area contributed by atoms with Crippen LogP contribution >= 0.6 is 0 Å². The van der Waals surface area contributed by atoms with Crippen LogP contribution in [0.4, 0.5) is 5.69 Å². The van der Waals surface area contributed by atoms with Crippen LogP contribution in [0.5, 0.6) is 0 Å². The van der Waals surface area contributed by atoms with Gasteiger partial charge in [-0.3, -0.25) is 0 Å². The maximum atomic E-state index is 9.70. The SMILES string of the molecule is CN(C)c1ccn2c(C(O)CN)cnc2c1. The number of anilines is 1. The van der Waals surface area contributed by atoms with Crippen LogP contribution in [-0.2, 0) is 0 Å². The van der Waals surface area contributed by atoms with Crippen molar-refractivity contribution in [1.29, 1.82) is 0 Å². The van der Waals surface area contributed by atoms with Crippen molar-refractivity contribution >= 4 is 11.3 Å². The first-order valence-corrected chi connectivity index (χ1v) is 5.16. The van der Waals surface area contributed by atoms with Crippen molar-refractivity contribution in [2.75, 3.05) is 25.5 Å². The van der Waals surface area contributed by atoms with Gasteiger partial charge in [0.2, 0.25) is 0 Å². The average Bonchev–Trinajstić information content (AvgIpc) is 2.70. The van der Waals surface area contributed by atoms with Gasteiger partial charge in [-0.05, 0) is 6.07 Å². The lowest BCUT2D eigenvalue weighted by molar-refractivity contribution is 0.181. The number of pyridine rings is 1. The van der Waals surface area contributed by atoms with Gasteiger partial charge in [-0.25, -0.2) is 4.98 Å². The molecule has 0 amide bonds. The Morgan fingerprint density at radius 3 is 2.94 bits per heavy atom. The normalized spacial score (nSPS) is 13.0. The summed E-state index contributed by atoms with van der Waals surface area (Å²) < 4.78 is 1.85. The standard InChI is InChI=1S/C11H16N4O/c1-14(2)8-3-4-15-9(10(16)6-12)7-13-11(15)5-8/h3-5,7,10,16H,6,12H2,1-2H3. The van der Waals surface area contributed by atoms with E-state index in [1.807, 2.05) is 41.7 Å². The molecule has 1 atom stereocenters. The largest absolute Gasteiger partial charge is 0.385 e. The van der Waals surface area contributed by atoms with Gasteiger partial charge in [0, 0.05) is 38.6 Å². The van der Waals surface area contributed by atoms with Gasteiger partial charge < -0.3 is 20.1 Å². The summed E-state index contributed by atoms with van der Waals surface area (Å²) in [4.78, 5) is 6.26. The molecule has 86 valence electrons. The third-order valence-electron chi connectivity index (χ3n) is 2.61. The molecule has 0 fully saturated rings. The lowest BCUT2D eigenvalue weighted by Crippen LogP contribution is -2.13. The lowest BCUT2D eigenvalue weighted by atomic mass is 10.3. The number of nitrogens with zero attached hydrogens (tertiary/aromatic N) is 3. The molecule has 0 aliphatic rings. The van der Waals surface area contributed by atoms with Gasteiger partial charge in [-0.1, -0.05) is 0 Å². The Morgan fingerprint density at radius 2 is 2.31 bits per heavy atom. The predicted molar refractivity (Wildman–Crippen MR) is 63.5 cm³/mol. The van der Waals surface area contributed by atoms with E-state index < -0.39 is 6.10 Å². The number of rotatable bonds is 3. The number of hydrogen-bond donors (Lipinski definition) is 2. The Morgan fingerprint density at radius 1 is 1.56 bits per heavy atom. The van der Waals surface area contributed by atoms with Crippen LogP contribution in [0.1, 0.15) is 11.8 Å². The summed E-state index contributed by atoms with van der Waals surface area (Å²) in [5.74, 6) is 0. The fourth-order valence-corrected chi connectivity index (χ4v) is 1.63. The Bertz CT molecular complexity index is 492. The van der Waals surface area contributed by atoms with Crippen LogP contribution < -0.4 is 10.6 Å². The van der Waals surface area contributed by atoms with Crippen LogP contribution in [0.3, 0.4) is 0 Å². The molecule has 0 saturated carbocycles. The monoisotopic (exact) mass is 220 g/mol. The summed E-state index contributed by atoms with van der Waals surface area (Å²) in [6, 6.07) is 3.94. The van der Waals surface area contributed by atoms with Crippen LogP contribution in [0, 0.1) is 0 Å². The molecule has 5 nitrogen and oxygen atoms in total. The van der Waals surface area contributed by atoms with Crippen molar-refractivity contribution in [2.45, 2.75) is 6.10 Å². The number of aliphatic hydroxyl groups excluding tert-OH is 1. The van der Waals surface area contributed by atoms with E-state index >= 15 is 0 Å². The number of nitrogens with two attached hydrogens (primary N) is 1. The Balaban J connectivity index is 2.50. The molecule has 2 heterocycles. The molecule has 0 radical (unpaired) electrons. The number of fused-ring (bicyclic) bond motifs is 1. The highest BCUT2D eigenvalue weighted by molar-refractivity contribution is 5.56. The zero-order chi connectivity index (χ0) is 11.7. The Labute approximate surface area is 94.1 Å². The van der Waals surface area contributed by atoms with E-state index in [2.05, 4.69) is 4.98 Å². The smallest absolute Gasteiger partial charge is 0.139 e. The molecule has 2 aromatic rings. The summed E-state index contributed by atoms with van der Waals surface area (Å²) in [5.41, 5.74) is 8.05.